The second-order valence-corrected chi connectivity index (χ2v) is 11.0. The molecule has 0 amide bonds. The molecular weight excluding hydrogens is 587 g/mol. The van der Waals surface area contributed by atoms with Gasteiger partial charge in [-0.2, -0.15) is 13.2 Å². The van der Waals surface area contributed by atoms with Crippen molar-refractivity contribution in [3.05, 3.63) is 93.0 Å². The van der Waals surface area contributed by atoms with Crippen molar-refractivity contribution in [2.75, 3.05) is 20.8 Å². The summed E-state index contributed by atoms with van der Waals surface area (Å²) >= 11 is 0. The zero-order valence-corrected chi connectivity index (χ0v) is 24.5. The van der Waals surface area contributed by atoms with Crippen LogP contribution in [0.3, 0.4) is 0 Å². The number of nitrogens with zero attached hydrogens (tertiary/aromatic N) is 1. The number of benzene rings is 3. The van der Waals surface area contributed by atoms with E-state index in [2.05, 4.69) is 20.8 Å². The van der Waals surface area contributed by atoms with Gasteiger partial charge < -0.3 is 21.9 Å². The van der Waals surface area contributed by atoms with Crippen molar-refractivity contribution in [3.8, 4) is 11.5 Å². The molecule has 228 valence electrons. The molecule has 1 heterocycles. The molecule has 0 bridgehead atoms. The number of methoxy groups -OCH3 is 2. The van der Waals surface area contributed by atoms with Crippen LogP contribution in [0.25, 0.3) is 0 Å². The van der Waals surface area contributed by atoms with Crippen LogP contribution in [0.15, 0.2) is 36.4 Å². The molecular formula is C31H31ClF7NO2. The Bertz CT molecular complexity index is 1460. The Labute approximate surface area is 246 Å². The molecule has 3 aromatic rings. The highest BCUT2D eigenvalue weighted by Gasteiger charge is 2.43. The molecule has 0 aliphatic carbocycles. The first-order valence-electron chi connectivity index (χ1n) is 13.0. The average molecular weight is 618 g/mol. The Kier molecular flexibility index (Phi) is 9.92. The summed E-state index contributed by atoms with van der Waals surface area (Å²) in [7, 11) is 2.95. The number of hydrogen-bond donors (Lipinski definition) is 0. The van der Waals surface area contributed by atoms with Crippen LogP contribution in [0.1, 0.15) is 60.6 Å². The number of hydrogen-bond acceptors (Lipinski definition) is 2. The molecule has 1 aliphatic rings. The molecule has 1 aliphatic heterocycles. The monoisotopic (exact) mass is 617 g/mol. The Morgan fingerprint density at radius 3 is 1.83 bits per heavy atom. The van der Waals surface area contributed by atoms with Gasteiger partial charge in [0.15, 0.2) is 47.0 Å². The van der Waals surface area contributed by atoms with Gasteiger partial charge in [-0.15, -0.1) is 0 Å². The van der Waals surface area contributed by atoms with Gasteiger partial charge in [-0.05, 0) is 40.7 Å². The fraction of sp³-hybridized carbons (Fsp3) is 0.387. The average Bonchev–Trinajstić information content (AvgIpc) is 2.91. The van der Waals surface area contributed by atoms with Crippen molar-refractivity contribution in [2.45, 2.75) is 58.2 Å². The summed E-state index contributed by atoms with van der Waals surface area (Å²) in [5, 5.41) is 0. The molecule has 11 heteroatoms. The number of aryl methyl sites for hydroxylation is 1. The molecule has 0 atom stereocenters. The molecule has 0 N–H and O–H groups in total. The predicted octanol–water partition coefficient (Wildman–Crippen LogP) is 4.77. The SMILES string of the molecule is COc1cc2c(cc1OC)C(CCc1ccc(C(C)(C)C)cc1)=[N+](Cc1c(F)c(F)c(C(F)(F)F)c(F)c1F)CC2.[Cl-]. The minimum absolute atomic E-state index is 0. The van der Waals surface area contributed by atoms with Crippen LogP contribution in [0.2, 0.25) is 0 Å². The topological polar surface area (TPSA) is 21.5 Å². The molecule has 0 radical (unpaired) electrons. The summed E-state index contributed by atoms with van der Waals surface area (Å²) < 4.78 is 110. The maximum atomic E-state index is 14.9. The standard InChI is InChI=1S/C31H31F7NO2.ClH/c1-30(2,3)19-9-6-17(7-10-19)8-11-22-20-15-24(41-5)23(40-4)14-18(20)12-13-39(22)16-21-26(32)28(34)25(31(36,37)38)29(35)27(21)33;/h6-7,9-10,14-15H,8,11-13,16H2,1-5H3;1H/q+1;/p-1. The van der Waals surface area contributed by atoms with Crippen LogP contribution in [-0.2, 0) is 31.0 Å². The zero-order chi connectivity index (χ0) is 30.3. The van der Waals surface area contributed by atoms with Gasteiger partial charge >= 0.3 is 6.18 Å². The number of halogens is 8. The van der Waals surface area contributed by atoms with Crippen LogP contribution in [-0.4, -0.2) is 31.1 Å². The van der Waals surface area contributed by atoms with Crippen molar-refractivity contribution in [3.63, 3.8) is 0 Å². The van der Waals surface area contributed by atoms with Crippen LogP contribution in [0.5, 0.6) is 11.5 Å². The predicted molar refractivity (Wildman–Crippen MR) is 141 cm³/mol. The van der Waals surface area contributed by atoms with Gasteiger partial charge in [-0.25, -0.2) is 22.1 Å². The number of rotatable bonds is 7. The molecule has 0 saturated carbocycles. The Hall–Kier alpha value is -3.27. The van der Waals surface area contributed by atoms with E-state index in [0.717, 1.165) is 16.7 Å². The van der Waals surface area contributed by atoms with Gasteiger partial charge in [-0.3, -0.25) is 0 Å². The fourth-order valence-corrected chi connectivity index (χ4v) is 5.11. The van der Waals surface area contributed by atoms with Gasteiger partial charge in [0.1, 0.15) is 12.1 Å². The van der Waals surface area contributed by atoms with Crippen LogP contribution >= 0.6 is 0 Å². The summed E-state index contributed by atoms with van der Waals surface area (Å²) in [6, 6.07) is 11.5. The molecule has 0 saturated heterocycles. The molecule has 0 aromatic heterocycles. The van der Waals surface area contributed by atoms with E-state index in [1.165, 1.54) is 14.2 Å². The minimum Gasteiger partial charge on any atom is -1.00 e. The van der Waals surface area contributed by atoms with Crippen molar-refractivity contribution >= 4 is 5.71 Å². The third kappa shape index (κ3) is 6.53. The number of ether oxygens (including phenoxy) is 2. The Balaban J connectivity index is 0.00000484. The summed E-state index contributed by atoms with van der Waals surface area (Å²) in [5.74, 6) is -8.16. The number of alkyl halides is 3. The van der Waals surface area contributed by atoms with E-state index in [-0.39, 0.29) is 24.4 Å². The third-order valence-electron chi connectivity index (χ3n) is 7.41. The molecule has 42 heavy (non-hydrogen) atoms. The lowest BCUT2D eigenvalue weighted by Gasteiger charge is -2.22. The first-order chi connectivity index (χ1) is 19.2. The van der Waals surface area contributed by atoms with E-state index in [9.17, 15) is 30.7 Å². The zero-order valence-electron chi connectivity index (χ0n) is 23.8. The van der Waals surface area contributed by atoms with Crippen molar-refractivity contribution < 1.29 is 57.2 Å². The highest BCUT2D eigenvalue weighted by Crippen LogP contribution is 2.38. The number of fused-ring (bicyclic) bond motifs is 1. The van der Waals surface area contributed by atoms with E-state index in [1.54, 1.807) is 16.7 Å². The van der Waals surface area contributed by atoms with Gasteiger partial charge in [0.05, 0.1) is 19.8 Å². The van der Waals surface area contributed by atoms with E-state index < -0.39 is 47.1 Å². The lowest BCUT2D eigenvalue weighted by Crippen LogP contribution is -3.00. The van der Waals surface area contributed by atoms with E-state index in [0.29, 0.717) is 42.0 Å². The van der Waals surface area contributed by atoms with E-state index in [1.807, 2.05) is 24.3 Å². The minimum atomic E-state index is -5.60. The second kappa shape index (κ2) is 12.5. The van der Waals surface area contributed by atoms with Crippen molar-refractivity contribution in [1.82, 2.24) is 0 Å². The lowest BCUT2D eigenvalue weighted by molar-refractivity contribution is -0.546. The molecule has 0 unspecified atom stereocenters. The summed E-state index contributed by atoms with van der Waals surface area (Å²) in [6.07, 6.45) is -4.33. The van der Waals surface area contributed by atoms with Gasteiger partial charge in [0.2, 0.25) is 0 Å². The largest absolute Gasteiger partial charge is 1.00 e. The maximum Gasteiger partial charge on any atom is 0.422 e. The van der Waals surface area contributed by atoms with Gasteiger partial charge in [0, 0.05) is 18.4 Å². The quantitative estimate of drug-likeness (QED) is 0.217. The Morgan fingerprint density at radius 2 is 1.33 bits per heavy atom. The van der Waals surface area contributed by atoms with Crippen LogP contribution in [0, 0.1) is 23.3 Å². The molecule has 0 fully saturated rings. The first kappa shape index (κ1) is 33.2. The summed E-state index contributed by atoms with van der Waals surface area (Å²) in [4.78, 5) is 0. The van der Waals surface area contributed by atoms with Gasteiger partial charge in [-0.1, -0.05) is 45.0 Å². The third-order valence-corrected chi connectivity index (χ3v) is 7.41. The molecule has 4 rings (SSSR count). The highest BCUT2D eigenvalue weighted by molar-refractivity contribution is 5.99. The first-order valence-corrected chi connectivity index (χ1v) is 13.0. The second-order valence-electron chi connectivity index (χ2n) is 11.0. The van der Waals surface area contributed by atoms with Crippen molar-refractivity contribution in [2.24, 2.45) is 0 Å². The summed E-state index contributed by atoms with van der Waals surface area (Å²) in [5.41, 5.74) is 0.560. The Morgan fingerprint density at radius 1 is 0.786 bits per heavy atom. The molecule has 0 spiro atoms. The van der Waals surface area contributed by atoms with E-state index >= 15 is 0 Å². The van der Waals surface area contributed by atoms with Crippen molar-refractivity contribution in [1.29, 1.82) is 0 Å². The van der Waals surface area contributed by atoms with E-state index in [4.69, 9.17) is 9.47 Å². The molecule has 3 nitrogen and oxygen atoms in total. The van der Waals surface area contributed by atoms with Crippen LogP contribution in [0.4, 0.5) is 30.7 Å². The van der Waals surface area contributed by atoms with Crippen LogP contribution < -0.4 is 21.9 Å². The van der Waals surface area contributed by atoms with Gasteiger partial charge in [0.25, 0.3) is 0 Å². The highest BCUT2D eigenvalue weighted by atomic mass is 35.5. The molecule has 3 aromatic carbocycles. The fourth-order valence-electron chi connectivity index (χ4n) is 5.11. The summed E-state index contributed by atoms with van der Waals surface area (Å²) in [6.45, 7) is 5.82. The smallest absolute Gasteiger partial charge is 0.422 e. The maximum absolute atomic E-state index is 14.9. The lowest BCUT2D eigenvalue weighted by atomic mass is 9.86. The normalized spacial score (nSPS) is 13.5.